The second-order valence-corrected chi connectivity index (χ2v) is 9.68. The Morgan fingerprint density at radius 3 is 2.06 bits per heavy atom. The summed E-state index contributed by atoms with van der Waals surface area (Å²) in [5, 5.41) is 3.19. The van der Waals surface area contributed by atoms with Crippen LogP contribution in [0.15, 0.2) is 18.2 Å². The number of hydrogen-bond donors (Lipinski definition) is 1. The maximum absolute atomic E-state index is 12.2. The Balaban J connectivity index is 2.43. The van der Waals surface area contributed by atoms with E-state index in [2.05, 4.69) is 15.0 Å². The minimum Gasteiger partial charge on any atom is -0.464 e. The van der Waals surface area contributed by atoms with Gasteiger partial charge in [0.05, 0.1) is 39.1 Å². The summed E-state index contributed by atoms with van der Waals surface area (Å²) < 4.78 is 21.0. The highest BCUT2D eigenvalue weighted by Gasteiger charge is 2.23. The van der Waals surface area contributed by atoms with Crippen molar-refractivity contribution >= 4 is 17.9 Å². The molecule has 0 unspecified atom stereocenters. The van der Waals surface area contributed by atoms with Crippen LogP contribution in [0, 0.1) is 0 Å². The average Bonchev–Trinajstić information content (AvgIpc) is 2.69. The quantitative estimate of drug-likeness (QED) is 0.255. The average molecular weight is 482 g/mol. The fourth-order valence-corrected chi connectivity index (χ4v) is 2.78. The van der Waals surface area contributed by atoms with Crippen LogP contribution in [0.4, 0.5) is 0 Å². The lowest BCUT2D eigenvalue weighted by molar-refractivity contribution is -0.160. The van der Waals surface area contributed by atoms with Gasteiger partial charge in [-0.2, -0.15) is 0 Å². The molecule has 1 aromatic rings. The molecule has 0 fully saturated rings. The van der Waals surface area contributed by atoms with Crippen molar-refractivity contribution in [1.82, 2.24) is 15.2 Å². The van der Waals surface area contributed by atoms with Gasteiger partial charge in [0.1, 0.15) is 16.9 Å². The van der Waals surface area contributed by atoms with E-state index in [9.17, 15) is 14.4 Å². The van der Waals surface area contributed by atoms with Crippen molar-refractivity contribution in [2.45, 2.75) is 59.3 Å². The number of aromatic nitrogens is 1. The molecule has 1 heterocycles. The number of rotatable bonds is 13. The molecular formula is C24H39N3O7. The molecule has 0 bridgehead atoms. The number of esters is 3. The van der Waals surface area contributed by atoms with Crippen LogP contribution < -0.4 is 5.32 Å². The highest BCUT2D eigenvalue weighted by atomic mass is 16.6. The van der Waals surface area contributed by atoms with Gasteiger partial charge in [-0.05, 0) is 53.7 Å². The van der Waals surface area contributed by atoms with Gasteiger partial charge in [-0.3, -0.25) is 14.5 Å². The first-order chi connectivity index (χ1) is 15.8. The Labute approximate surface area is 202 Å². The molecule has 0 spiro atoms. The van der Waals surface area contributed by atoms with Gasteiger partial charge in [-0.1, -0.05) is 6.07 Å². The highest BCUT2D eigenvalue weighted by molar-refractivity contribution is 5.87. The van der Waals surface area contributed by atoms with Gasteiger partial charge in [0.2, 0.25) is 0 Å². The fourth-order valence-electron chi connectivity index (χ4n) is 2.78. The standard InChI is InChI=1S/C24H39N3O7/c1-23(2,3)33-20(28)16-27(17-21(29)34-24(4,5)6)12-14-32-13-11-25-15-18-9-8-10-19(26-18)22(30)31-7/h8-10,25H,11-17H2,1-7H3. The zero-order chi connectivity index (χ0) is 25.8. The number of carbonyl (C=O) groups is 3. The lowest BCUT2D eigenvalue weighted by atomic mass is 10.2. The van der Waals surface area contributed by atoms with Crippen LogP contribution in [-0.4, -0.2) is 85.5 Å². The maximum atomic E-state index is 12.2. The molecule has 0 aliphatic heterocycles. The molecular weight excluding hydrogens is 442 g/mol. The summed E-state index contributed by atoms with van der Waals surface area (Å²) in [4.78, 5) is 41.9. The van der Waals surface area contributed by atoms with Crippen LogP contribution in [0.5, 0.6) is 0 Å². The second-order valence-electron chi connectivity index (χ2n) is 9.68. The first kappa shape index (κ1) is 29.5. The van der Waals surface area contributed by atoms with Crippen molar-refractivity contribution in [3.05, 3.63) is 29.6 Å². The van der Waals surface area contributed by atoms with Gasteiger partial charge < -0.3 is 24.3 Å². The van der Waals surface area contributed by atoms with Crippen LogP contribution in [0.1, 0.15) is 57.7 Å². The summed E-state index contributed by atoms with van der Waals surface area (Å²) in [5.41, 5.74) is -0.249. The Morgan fingerprint density at radius 2 is 1.53 bits per heavy atom. The summed E-state index contributed by atoms with van der Waals surface area (Å²) in [6.07, 6.45) is 0. The van der Waals surface area contributed by atoms with Gasteiger partial charge >= 0.3 is 17.9 Å². The predicted octanol–water partition coefficient (Wildman–Crippen LogP) is 1.96. The van der Waals surface area contributed by atoms with Crippen LogP contribution in [-0.2, 0) is 35.1 Å². The maximum Gasteiger partial charge on any atom is 0.356 e. The van der Waals surface area contributed by atoms with Crippen LogP contribution in [0.3, 0.4) is 0 Å². The number of pyridine rings is 1. The summed E-state index contributed by atoms with van der Waals surface area (Å²) in [6, 6.07) is 5.15. The van der Waals surface area contributed by atoms with E-state index >= 15 is 0 Å². The second kappa shape index (κ2) is 14.0. The van der Waals surface area contributed by atoms with Gasteiger partial charge in [0.25, 0.3) is 0 Å². The van der Waals surface area contributed by atoms with Crippen LogP contribution in [0.2, 0.25) is 0 Å². The van der Waals surface area contributed by atoms with Crippen molar-refractivity contribution < 1.29 is 33.3 Å². The zero-order valence-corrected chi connectivity index (χ0v) is 21.4. The normalized spacial score (nSPS) is 11.9. The monoisotopic (exact) mass is 481 g/mol. The van der Waals surface area contributed by atoms with Gasteiger partial charge in [0, 0.05) is 19.6 Å². The Morgan fingerprint density at radius 1 is 0.941 bits per heavy atom. The molecule has 34 heavy (non-hydrogen) atoms. The minimum absolute atomic E-state index is 0.0413. The minimum atomic E-state index is -0.609. The molecule has 0 aliphatic carbocycles. The topological polar surface area (TPSA) is 116 Å². The molecule has 1 N–H and O–H groups in total. The van der Waals surface area contributed by atoms with Crippen molar-refractivity contribution in [1.29, 1.82) is 0 Å². The lowest BCUT2D eigenvalue weighted by Crippen LogP contribution is -2.41. The van der Waals surface area contributed by atoms with E-state index in [1.165, 1.54) is 7.11 Å². The molecule has 0 aromatic carbocycles. The summed E-state index contributed by atoms with van der Waals surface area (Å²) in [7, 11) is 1.31. The number of nitrogens with zero attached hydrogens (tertiary/aromatic N) is 2. The fraction of sp³-hybridized carbons (Fsp3) is 0.667. The molecule has 1 rings (SSSR count). The van der Waals surface area contributed by atoms with E-state index in [4.69, 9.17) is 14.2 Å². The third-order valence-corrected chi connectivity index (χ3v) is 4.03. The lowest BCUT2D eigenvalue weighted by Gasteiger charge is -2.26. The van der Waals surface area contributed by atoms with Crippen molar-refractivity contribution in [3.63, 3.8) is 0 Å². The molecule has 1 aromatic heterocycles. The molecule has 0 saturated heterocycles. The van der Waals surface area contributed by atoms with Gasteiger partial charge in [-0.25, -0.2) is 9.78 Å². The van der Waals surface area contributed by atoms with E-state index < -0.39 is 29.1 Å². The molecule has 0 amide bonds. The van der Waals surface area contributed by atoms with Gasteiger partial charge in [0.15, 0.2) is 0 Å². The zero-order valence-electron chi connectivity index (χ0n) is 21.4. The predicted molar refractivity (Wildman–Crippen MR) is 126 cm³/mol. The van der Waals surface area contributed by atoms with E-state index in [0.29, 0.717) is 38.5 Å². The summed E-state index contributed by atoms with van der Waals surface area (Å²) >= 11 is 0. The first-order valence-corrected chi connectivity index (χ1v) is 11.3. The summed E-state index contributed by atoms with van der Waals surface area (Å²) in [6.45, 7) is 12.8. The number of carbonyl (C=O) groups excluding carboxylic acids is 3. The number of hydrogen-bond acceptors (Lipinski definition) is 10. The molecule has 10 heteroatoms. The summed E-state index contributed by atoms with van der Waals surface area (Å²) in [5.74, 6) is -1.31. The molecule has 0 saturated carbocycles. The highest BCUT2D eigenvalue weighted by Crippen LogP contribution is 2.09. The molecule has 192 valence electrons. The third kappa shape index (κ3) is 13.9. The Kier molecular flexibility index (Phi) is 12.1. The van der Waals surface area contributed by atoms with E-state index in [-0.39, 0.29) is 18.8 Å². The van der Waals surface area contributed by atoms with Crippen molar-refractivity contribution in [3.8, 4) is 0 Å². The van der Waals surface area contributed by atoms with E-state index in [1.807, 2.05) is 6.07 Å². The van der Waals surface area contributed by atoms with E-state index in [0.717, 1.165) is 0 Å². The molecule has 0 radical (unpaired) electrons. The Hall–Kier alpha value is -2.56. The third-order valence-electron chi connectivity index (χ3n) is 4.03. The number of ether oxygens (including phenoxy) is 4. The largest absolute Gasteiger partial charge is 0.464 e. The van der Waals surface area contributed by atoms with Crippen LogP contribution >= 0.6 is 0 Å². The number of methoxy groups -OCH3 is 1. The first-order valence-electron chi connectivity index (χ1n) is 11.3. The van der Waals surface area contributed by atoms with Crippen molar-refractivity contribution in [2.75, 3.05) is 46.5 Å². The van der Waals surface area contributed by atoms with E-state index in [1.54, 1.807) is 58.6 Å². The molecule has 0 aliphatic rings. The Bertz CT molecular complexity index is 770. The molecule has 10 nitrogen and oxygen atoms in total. The smallest absolute Gasteiger partial charge is 0.356 e. The van der Waals surface area contributed by atoms with Crippen LogP contribution in [0.25, 0.3) is 0 Å². The molecule has 0 atom stereocenters. The van der Waals surface area contributed by atoms with Crippen molar-refractivity contribution in [2.24, 2.45) is 0 Å². The number of nitrogens with one attached hydrogen (secondary N) is 1. The SMILES string of the molecule is COC(=O)c1cccc(CNCCOCCN(CC(=O)OC(C)(C)C)CC(=O)OC(C)(C)C)n1. The van der Waals surface area contributed by atoms with Gasteiger partial charge in [-0.15, -0.1) is 0 Å².